The number of benzene rings is 3. The Balaban J connectivity index is 1.51. The summed E-state index contributed by atoms with van der Waals surface area (Å²) < 4.78 is 18.7. The molecule has 1 unspecified atom stereocenters. The van der Waals surface area contributed by atoms with Gasteiger partial charge in [0.15, 0.2) is 5.76 Å². The Morgan fingerprint density at radius 3 is 2.70 bits per heavy atom. The molecular weight excluding hydrogens is 482 g/mol. The molecule has 3 aromatic rings. The summed E-state index contributed by atoms with van der Waals surface area (Å²) in [7, 11) is 1.61. The third-order valence-corrected chi connectivity index (χ3v) is 6.75. The molecule has 5 rings (SSSR count). The minimum Gasteiger partial charge on any atom is -0.496 e. The number of carbonyl (C=O) groups is 1. The molecule has 0 radical (unpaired) electrons. The molecule has 3 aromatic carbocycles. The van der Waals surface area contributed by atoms with Crippen LogP contribution >= 0.6 is 15.9 Å². The van der Waals surface area contributed by atoms with Crippen LogP contribution in [0.15, 0.2) is 64.8 Å². The molecule has 2 aliphatic rings. The number of Topliss-reactive ketones (excluding diaryl/α,β-unsaturated/α-hetero) is 1. The van der Waals surface area contributed by atoms with Crippen molar-refractivity contribution < 1.29 is 19.0 Å². The molecule has 5 nitrogen and oxygen atoms in total. The molecule has 0 aromatic heterocycles. The van der Waals surface area contributed by atoms with Gasteiger partial charge in [0.2, 0.25) is 5.78 Å². The Morgan fingerprint density at radius 1 is 1.15 bits per heavy atom. The third kappa shape index (κ3) is 3.94. The van der Waals surface area contributed by atoms with Crippen LogP contribution in [-0.2, 0) is 6.54 Å². The van der Waals surface area contributed by atoms with E-state index in [-0.39, 0.29) is 17.6 Å². The van der Waals surface area contributed by atoms with Crippen LogP contribution in [-0.4, -0.2) is 24.5 Å². The molecule has 0 fully saturated rings. The van der Waals surface area contributed by atoms with Gasteiger partial charge in [-0.25, -0.2) is 0 Å². The van der Waals surface area contributed by atoms with Gasteiger partial charge in [-0.1, -0.05) is 46.3 Å². The second kappa shape index (κ2) is 8.69. The minimum atomic E-state index is -0.124. The Kier molecular flexibility index (Phi) is 5.72. The van der Waals surface area contributed by atoms with Gasteiger partial charge in [0.05, 0.1) is 18.2 Å². The quantitative estimate of drug-likeness (QED) is 0.389. The summed E-state index contributed by atoms with van der Waals surface area (Å²) in [6.07, 6.45) is 1.74. The fourth-order valence-corrected chi connectivity index (χ4v) is 4.78. The summed E-state index contributed by atoms with van der Waals surface area (Å²) in [6.45, 7) is 5.20. The van der Waals surface area contributed by atoms with Crippen LogP contribution in [0.4, 0.5) is 0 Å². The van der Waals surface area contributed by atoms with Crippen LogP contribution in [0.5, 0.6) is 17.2 Å². The van der Waals surface area contributed by atoms with E-state index >= 15 is 0 Å². The number of hydrogen-bond acceptors (Lipinski definition) is 5. The lowest BCUT2D eigenvalue weighted by Gasteiger charge is -2.34. The number of aryl methyl sites for hydroxylation is 1. The van der Waals surface area contributed by atoms with Crippen LogP contribution < -0.4 is 14.2 Å². The monoisotopic (exact) mass is 505 g/mol. The fraction of sp³-hybridized carbons (Fsp3) is 0.222. The van der Waals surface area contributed by atoms with Crippen molar-refractivity contribution in [3.8, 4) is 17.2 Å². The van der Waals surface area contributed by atoms with Gasteiger partial charge in [0, 0.05) is 22.6 Å². The maximum Gasteiger partial charge on any atom is 0.232 e. The average Bonchev–Trinajstić information content (AvgIpc) is 3.16. The molecule has 1 atom stereocenters. The highest BCUT2D eigenvalue weighted by Crippen LogP contribution is 2.45. The first-order chi connectivity index (χ1) is 16.0. The first-order valence-electron chi connectivity index (χ1n) is 10.8. The molecule has 33 heavy (non-hydrogen) atoms. The number of methoxy groups -OCH3 is 1. The number of halogens is 1. The van der Waals surface area contributed by atoms with Crippen LogP contribution in [0, 0.1) is 6.92 Å². The van der Waals surface area contributed by atoms with Crippen molar-refractivity contribution in [3.63, 3.8) is 0 Å². The van der Waals surface area contributed by atoms with Gasteiger partial charge in [0.25, 0.3) is 0 Å². The Morgan fingerprint density at radius 2 is 1.94 bits per heavy atom. The van der Waals surface area contributed by atoms with E-state index in [4.69, 9.17) is 14.2 Å². The predicted molar refractivity (Wildman–Crippen MR) is 131 cm³/mol. The minimum absolute atomic E-state index is 0.124. The van der Waals surface area contributed by atoms with E-state index in [1.165, 1.54) is 5.56 Å². The van der Waals surface area contributed by atoms with E-state index in [1.54, 1.807) is 13.2 Å². The predicted octanol–water partition coefficient (Wildman–Crippen LogP) is 6.30. The van der Waals surface area contributed by atoms with E-state index in [9.17, 15) is 4.79 Å². The van der Waals surface area contributed by atoms with Crippen LogP contribution in [0.3, 0.4) is 0 Å². The highest BCUT2D eigenvalue weighted by atomic mass is 79.9. The van der Waals surface area contributed by atoms with Gasteiger partial charge < -0.3 is 14.2 Å². The van der Waals surface area contributed by atoms with E-state index in [1.807, 2.05) is 49.4 Å². The van der Waals surface area contributed by atoms with Crippen molar-refractivity contribution in [3.05, 3.63) is 92.6 Å². The van der Waals surface area contributed by atoms with Gasteiger partial charge >= 0.3 is 0 Å². The van der Waals surface area contributed by atoms with E-state index in [2.05, 4.69) is 39.9 Å². The number of ketones is 1. The van der Waals surface area contributed by atoms with Gasteiger partial charge in [-0.3, -0.25) is 9.69 Å². The average molecular weight is 506 g/mol. The van der Waals surface area contributed by atoms with Gasteiger partial charge in [-0.15, -0.1) is 0 Å². The number of nitrogens with zero attached hydrogens (tertiary/aromatic N) is 1. The van der Waals surface area contributed by atoms with Crippen molar-refractivity contribution in [1.29, 1.82) is 0 Å². The van der Waals surface area contributed by atoms with Crippen molar-refractivity contribution in [1.82, 2.24) is 4.90 Å². The fourth-order valence-electron chi connectivity index (χ4n) is 4.40. The lowest BCUT2D eigenvalue weighted by molar-refractivity contribution is 0.0605. The normalized spacial score (nSPS) is 17.2. The summed E-state index contributed by atoms with van der Waals surface area (Å²) in [5.41, 5.74) is 4.34. The number of carbonyl (C=O) groups excluding carboxylic acids is 1. The third-order valence-electron chi connectivity index (χ3n) is 6.26. The molecule has 2 aliphatic heterocycles. The van der Waals surface area contributed by atoms with Crippen molar-refractivity contribution in [2.24, 2.45) is 0 Å². The first kappa shape index (κ1) is 21.7. The molecule has 2 heterocycles. The first-order valence-corrected chi connectivity index (χ1v) is 11.6. The molecule has 168 valence electrons. The van der Waals surface area contributed by atoms with Crippen LogP contribution in [0.25, 0.3) is 6.08 Å². The van der Waals surface area contributed by atoms with Gasteiger partial charge in [0.1, 0.15) is 24.0 Å². The number of hydrogen-bond donors (Lipinski definition) is 0. The zero-order chi connectivity index (χ0) is 23.1. The number of ether oxygens (including phenoxy) is 3. The maximum absolute atomic E-state index is 13.3. The van der Waals surface area contributed by atoms with Crippen LogP contribution in [0.1, 0.15) is 45.6 Å². The molecule has 6 heteroatoms. The molecular formula is C27H24BrNO4. The molecule has 0 aliphatic carbocycles. The van der Waals surface area contributed by atoms with Gasteiger partial charge in [-0.2, -0.15) is 0 Å². The van der Waals surface area contributed by atoms with Gasteiger partial charge in [-0.05, 0) is 55.3 Å². The summed E-state index contributed by atoms with van der Waals surface area (Å²) >= 11 is 3.49. The summed E-state index contributed by atoms with van der Waals surface area (Å²) in [5.74, 6) is 2.20. The molecule has 0 amide bonds. The maximum atomic E-state index is 13.3. The highest BCUT2D eigenvalue weighted by molar-refractivity contribution is 9.10. The SMILES string of the molecule is COc1ccc(Br)cc1/C=C1\Oc2c3c(cc(C)c2C1=O)OCN(C(C)c1ccccc1)C3. The van der Waals surface area contributed by atoms with Crippen molar-refractivity contribution in [2.45, 2.75) is 26.4 Å². The Labute approximate surface area is 201 Å². The van der Waals surface area contributed by atoms with E-state index in [0.717, 1.165) is 26.9 Å². The number of allylic oxidation sites excluding steroid dienone is 1. The van der Waals surface area contributed by atoms with E-state index in [0.29, 0.717) is 30.3 Å². The Hall–Kier alpha value is -3.09. The summed E-state index contributed by atoms with van der Waals surface area (Å²) in [5, 5.41) is 0. The lowest BCUT2D eigenvalue weighted by Crippen LogP contribution is -2.34. The molecule has 0 spiro atoms. The topological polar surface area (TPSA) is 48.0 Å². The second-order valence-electron chi connectivity index (χ2n) is 8.31. The molecule has 0 bridgehead atoms. The smallest absolute Gasteiger partial charge is 0.232 e. The largest absolute Gasteiger partial charge is 0.496 e. The lowest BCUT2D eigenvalue weighted by atomic mass is 9.97. The number of rotatable bonds is 4. The zero-order valence-corrected chi connectivity index (χ0v) is 20.3. The highest BCUT2D eigenvalue weighted by Gasteiger charge is 2.36. The zero-order valence-electron chi connectivity index (χ0n) is 18.7. The van der Waals surface area contributed by atoms with E-state index < -0.39 is 0 Å². The molecule has 0 saturated heterocycles. The second-order valence-corrected chi connectivity index (χ2v) is 9.22. The van der Waals surface area contributed by atoms with Crippen molar-refractivity contribution >= 4 is 27.8 Å². The van der Waals surface area contributed by atoms with Crippen LogP contribution in [0.2, 0.25) is 0 Å². The summed E-state index contributed by atoms with van der Waals surface area (Å²) in [6, 6.07) is 18.1. The molecule has 0 N–H and O–H groups in total. The number of fused-ring (bicyclic) bond motifs is 3. The van der Waals surface area contributed by atoms with Crippen molar-refractivity contribution in [2.75, 3.05) is 13.8 Å². The molecule has 0 saturated carbocycles. The summed E-state index contributed by atoms with van der Waals surface area (Å²) in [4.78, 5) is 15.6. The Bertz CT molecular complexity index is 1270. The standard InChI is InChI=1S/C27H24BrNO4/c1-16-11-23-21(14-29(15-32-23)17(2)18-7-5-4-6-8-18)27-25(16)26(30)24(33-27)13-19-12-20(28)9-10-22(19)31-3/h4-13,17H,14-15H2,1-3H3/b24-13-.